The molecule has 0 bridgehead atoms. The zero-order valence-corrected chi connectivity index (χ0v) is 10.9. The van der Waals surface area contributed by atoms with E-state index in [1.54, 1.807) is 13.0 Å². The van der Waals surface area contributed by atoms with Gasteiger partial charge in [0.1, 0.15) is 5.75 Å². The second kappa shape index (κ2) is 5.59. The van der Waals surface area contributed by atoms with Crippen molar-refractivity contribution in [1.29, 1.82) is 5.26 Å². The normalized spacial score (nSPS) is 10.0. The number of benzene rings is 2. The lowest BCUT2D eigenvalue weighted by Crippen LogP contribution is -2.00. The molecule has 2 rings (SSSR count). The predicted octanol–water partition coefficient (Wildman–Crippen LogP) is 3.64. The summed E-state index contributed by atoms with van der Waals surface area (Å²) in [4.78, 5) is 10.9. The number of hydrogen-bond donors (Lipinski definition) is 1. The SMILES string of the molecule is Cc1ccc(C(=O)O)cc1Oc1c(F)cc(C#N)cc1F. The molecule has 0 unspecified atom stereocenters. The molecule has 0 spiro atoms. The monoisotopic (exact) mass is 289 g/mol. The number of aryl methyl sites for hydroxylation is 1. The van der Waals surface area contributed by atoms with Gasteiger partial charge in [-0.2, -0.15) is 5.26 Å². The Morgan fingerprint density at radius 1 is 1.24 bits per heavy atom. The molecule has 0 radical (unpaired) electrons. The highest BCUT2D eigenvalue weighted by atomic mass is 19.1. The lowest BCUT2D eigenvalue weighted by molar-refractivity contribution is 0.0696. The quantitative estimate of drug-likeness (QED) is 0.936. The molecule has 106 valence electrons. The second-order valence-corrected chi connectivity index (χ2v) is 4.27. The lowest BCUT2D eigenvalue weighted by Gasteiger charge is -2.11. The summed E-state index contributed by atoms with van der Waals surface area (Å²) in [5, 5.41) is 17.5. The maximum atomic E-state index is 13.7. The van der Waals surface area contributed by atoms with Crippen molar-refractivity contribution in [2.75, 3.05) is 0 Å². The lowest BCUT2D eigenvalue weighted by atomic mass is 10.1. The molecule has 6 heteroatoms. The van der Waals surface area contributed by atoms with Crippen LogP contribution in [0.25, 0.3) is 0 Å². The molecular weight excluding hydrogens is 280 g/mol. The number of nitrogens with zero attached hydrogens (tertiary/aromatic N) is 1. The standard InChI is InChI=1S/C15H9F2NO3/c1-8-2-3-10(15(19)20)6-13(8)21-14-11(16)4-9(7-18)5-12(14)17/h2-6H,1H3,(H,19,20). The highest BCUT2D eigenvalue weighted by molar-refractivity contribution is 5.88. The fourth-order valence-electron chi connectivity index (χ4n) is 1.67. The van der Waals surface area contributed by atoms with Crippen molar-refractivity contribution < 1.29 is 23.4 Å². The zero-order valence-electron chi connectivity index (χ0n) is 10.9. The van der Waals surface area contributed by atoms with Crippen LogP contribution in [0.3, 0.4) is 0 Å². The van der Waals surface area contributed by atoms with E-state index in [-0.39, 0.29) is 16.9 Å². The molecule has 0 aliphatic rings. The minimum Gasteiger partial charge on any atom is -0.478 e. The highest BCUT2D eigenvalue weighted by Gasteiger charge is 2.16. The Morgan fingerprint density at radius 2 is 1.86 bits per heavy atom. The van der Waals surface area contributed by atoms with Crippen molar-refractivity contribution in [3.05, 3.63) is 58.7 Å². The van der Waals surface area contributed by atoms with Gasteiger partial charge < -0.3 is 9.84 Å². The van der Waals surface area contributed by atoms with Crippen LogP contribution in [0.2, 0.25) is 0 Å². The van der Waals surface area contributed by atoms with Crippen molar-refractivity contribution in [3.63, 3.8) is 0 Å². The minimum absolute atomic E-state index is 0.0254. The van der Waals surface area contributed by atoms with Crippen molar-refractivity contribution in [2.24, 2.45) is 0 Å². The van der Waals surface area contributed by atoms with Crippen LogP contribution in [0.5, 0.6) is 11.5 Å². The van der Waals surface area contributed by atoms with Gasteiger partial charge in [0.15, 0.2) is 17.4 Å². The second-order valence-electron chi connectivity index (χ2n) is 4.27. The van der Waals surface area contributed by atoms with E-state index in [2.05, 4.69) is 0 Å². The van der Waals surface area contributed by atoms with E-state index >= 15 is 0 Å². The molecule has 21 heavy (non-hydrogen) atoms. The maximum absolute atomic E-state index is 13.7. The first-order chi connectivity index (χ1) is 9.92. The van der Waals surface area contributed by atoms with Crippen molar-refractivity contribution in [3.8, 4) is 17.6 Å². The van der Waals surface area contributed by atoms with Crippen LogP contribution < -0.4 is 4.74 Å². The number of carboxylic acid groups (broad SMARTS) is 1. The summed E-state index contributed by atoms with van der Waals surface area (Å²) in [5.74, 6) is -3.91. The first-order valence-corrected chi connectivity index (χ1v) is 5.83. The highest BCUT2D eigenvalue weighted by Crippen LogP contribution is 2.31. The number of nitriles is 1. The number of carboxylic acids is 1. The van der Waals surface area contributed by atoms with Crippen LogP contribution in [0.15, 0.2) is 30.3 Å². The van der Waals surface area contributed by atoms with E-state index in [0.29, 0.717) is 5.56 Å². The van der Waals surface area contributed by atoms with Gasteiger partial charge in [-0.05, 0) is 36.8 Å². The fraction of sp³-hybridized carbons (Fsp3) is 0.0667. The van der Waals surface area contributed by atoms with Gasteiger partial charge in [0.2, 0.25) is 0 Å². The Bertz CT molecular complexity index is 743. The molecule has 2 aromatic carbocycles. The van der Waals surface area contributed by atoms with Crippen molar-refractivity contribution >= 4 is 5.97 Å². The van der Waals surface area contributed by atoms with Crippen LogP contribution in [-0.2, 0) is 0 Å². The summed E-state index contributed by atoms with van der Waals surface area (Å²) in [6.07, 6.45) is 0. The van der Waals surface area contributed by atoms with E-state index in [1.165, 1.54) is 18.2 Å². The largest absolute Gasteiger partial charge is 0.478 e. The van der Waals surface area contributed by atoms with Crippen molar-refractivity contribution in [1.82, 2.24) is 0 Å². The molecule has 0 heterocycles. The Morgan fingerprint density at radius 3 is 2.38 bits per heavy atom. The molecule has 0 fully saturated rings. The third kappa shape index (κ3) is 2.98. The van der Waals surface area contributed by atoms with Gasteiger partial charge in [-0.3, -0.25) is 0 Å². The molecule has 0 aromatic heterocycles. The maximum Gasteiger partial charge on any atom is 0.335 e. The summed E-state index contributed by atoms with van der Waals surface area (Å²) in [6.45, 7) is 1.61. The topological polar surface area (TPSA) is 70.3 Å². The van der Waals surface area contributed by atoms with Gasteiger partial charge in [0.25, 0.3) is 0 Å². The Balaban J connectivity index is 2.46. The number of ether oxygens (including phenoxy) is 1. The molecular formula is C15H9F2NO3. The molecule has 1 N–H and O–H groups in total. The number of carbonyl (C=O) groups is 1. The van der Waals surface area contributed by atoms with Gasteiger partial charge in [-0.15, -0.1) is 0 Å². The Hall–Kier alpha value is -2.94. The molecule has 0 saturated heterocycles. The summed E-state index contributed by atoms with van der Waals surface area (Å²) in [7, 11) is 0. The number of aromatic carboxylic acids is 1. The number of rotatable bonds is 3. The molecule has 2 aromatic rings. The molecule has 0 atom stereocenters. The van der Waals surface area contributed by atoms with Crippen LogP contribution >= 0.6 is 0 Å². The summed E-state index contributed by atoms with van der Waals surface area (Å²) >= 11 is 0. The average molecular weight is 289 g/mol. The van der Waals surface area contributed by atoms with Gasteiger partial charge in [-0.1, -0.05) is 6.07 Å². The van der Waals surface area contributed by atoms with E-state index in [9.17, 15) is 13.6 Å². The van der Waals surface area contributed by atoms with Gasteiger partial charge in [0, 0.05) is 0 Å². The molecule has 4 nitrogen and oxygen atoms in total. The molecule has 0 aliphatic carbocycles. The van der Waals surface area contributed by atoms with Crippen molar-refractivity contribution in [2.45, 2.75) is 6.92 Å². The van der Waals surface area contributed by atoms with Crippen LogP contribution in [0.4, 0.5) is 8.78 Å². The molecule has 0 aliphatic heterocycles. The molecule has 0 saturated carbocycles. The van der Waals surface area contributed by atoms with Gasteiger partial charge in [-0.25, -0.2) is 13.6 Å². The van der Waals surface area contributed by atoms with E-state index in [0.717, 1.165) is 12.1 Å². The molecule has 0 amide bonds. The minimum atomic E-state index is -1.18. The average Bonchev–Trinajstić information content (AvgIpc) is 2.44. The third-order valence-corrected chi connectivity index (χ3v) is 2.77. The van der Waals surface area contributed by atoms with Crippen LogP contribution in [-0.4, -0.2) is 11.1 Å². The Kier molecular flexibility index (Phi) is 3.85. The summed E-state index contributed by atoms with van der Waals surface area (Å²) in [5.41, 5.74) is 0.279. The predicted molar refractivity (Wildman–Crippen MR) is 69.3 cm³/mol. The van der Waals surface area contributed by atoms with Crippen LogP contribution in [0.1, 0.15) is 21.5 Å². The summed E-state index contributed by atoms with van der Waals surface area (Å²) in [6, 6.07) is 7.31. The van der Waals surface area contributed by atoms with Crippen LogP contribution in [0, 0.1) is 29.9 Å². The smallest absolute Gasteiger partial charge is 0.335 e. The fourth-order valence-corrected chi connectivity index (χ4v) is 1.67. The third-order valence-electron chi connectivity index (χ3n) is 2.77. The van der Waals surface area contributed by atoms with E-state index in [4.69, 9.17) is 15.1 Å². The van der Waals surface area contributed by atoms with Gasteiger partial charge in [0.05, 0.1) is 17.2 Å². The van der Waals surface area contributed by atoms with Gasteiger partial charge >= 0.3 is 5.97 Å². The number of hydrogen-bond acceptors (Lipinski definition) is 3. The Labute approximate surface area is 118 Å². The van der Waals surface area contributed by atoms with E-state index < -0.39 is 23.4 Å². The first-order valence-electron chi connectivity index (χ1n) is 5.83. The zero-order chi connectivity index (χ0) is 15.6. The first kappa shape index (κ1) is 14.5. The number of halogens is 2. The summed E-state index contributed by atoms with van der Waals surface area (Å²) < 4.78 is 32.6. The van der Waals surface area contributed by atoms with E-state index in [1.807, 2.05) is 0 Å².